The highest BCUT2D eigenvalue weighted by atomic mass is 32.2. The van der Waals surface area contributed by atoms with E-state index in [0.717, 1.165) is 9.90 Å². The number of rotatable bonds is 7. The van der Waals surface area contributed by atoms with Crippen LogP contribution in [0.25, 0.3) is 0 Å². The SMILES string of the molecule is CCNC(=O)CSc1nnc(NCc2ccc(F)cc2)s1. The molecule has 5 nitrogen and oxygen atoms in total. The maximum Gasteiger partial charge on any atom is 0.230 e. The van der Waals surface area contributed by atoms with Crippen molar-refractivity contribution in [3.8, 4) is 0 Å². The molecule has 21 heavy (non-hydrogen) atoms. The van der Waals surface area contributed by atoms with Crippen molar-refractivity contribution in [3.05, 3.63) is 35.6 Å². The summed E-state index contributed by atoms with van der Waals surface area (Å²) in [4.78, 5) is 11.3. The summed E-state index contributed by atoms with van der Waals surface area (Å²) in [5, 5.41) is 14.5. The first-order chi connectivity index (χ1) is 10.2. The van der Waals surface area contributed by atoms with Crippen molar-refractivity contribution in [2.75, 3.05) is 17.6 Å². The lowest BCUT2D eigenvalue weighted by Gasteiger charge is -2.01. The number of nitrogens with zero attached hydrogens (tertiary/aromatic N) is 2. The van der Waals surface area contributed by atoms with Gasteiger partial charge >= 0.3 is 0 Å². The number of thioether (sulfide) groups is 1. The zero-order valence-electron chi connectivity index (χ0n) is 11.4. The quantitative estimate of drug-likeness (QED) is 0.765. The minimum absolute atomic E-state index is 0.0153. The van der Waals surface area contributed by atoms with E-state index in [4.69, 9.17) is 0 Å². The number of hydrogen-bond acceptors (Lipinski definition) is 6. The summed E-state index contributed by atoms with van der Waals surface area (Å²) in [6.07, 6.45) is 0. The van der Waals surface area contributed by atoms with Crippen LogP contribution in [0.3, 0.4) is 0 Å². The monoisotopic (exact) mass is 326 g/mol. The second-order valence-electron chi connectivity index (χ2n) is 4.10. The number of amides is 1. The van der Waals surface area contributed by atoms with Crippen molar-refractivity contribution in [1.82, 2.24) is 15.5 Å². The molecule has 0 atom stereocenters. The van der Waals surface area contributed by atoms with Gasteiger partial charge in [0.15, 0.2) is 4.34 Å². The molecule has 0 saturated carbocycles. The minimum atomic E-state index is -0.251. The number of aromatic nitrogens is 2. The molecule has 1 aromatic heterocycles. The molecule has 0 aliphatic carbocycles. The van der Waals surface area contributed by atoms with Crippen LogP contribution in [0.4, 0.5) is 9.52 Å². The molecule has 1 aromatic carbocycles. The number of carbonyl (C=O) groups is 1. The molecule has 0 bridgehead atoms. The summed E-state index contributed by atoms with van der Waals surface area (Å²) in [5.74, 6) is 0.0673. The lowest BCUT2D eigenvalue weighted by atomic mass is 10.2. The standard InChI is InChI=1S/C13H15FN4OS2/c1-2-15-11(19)8-20-13-18-17-12(21-13)16-7-9-3-5-10(14)6-4-9/h3-6H,2,7-8H2,1H3,(H,15,19)(H,16,17). The Morgan fingerprint density at radius 1 is 1.33 bits per heavy atom. The Kier molecular flexibility index (Phi) is 5.94. The molecule has 1 heterocycles. The molecule has 112 valence electrons. The zero-order valence-corrected chi connectivity index (χ0v) is 13.1. The minimum Gasteiger partial charge on any atom is -0.356 e. The van der Waals surface area contributed by atoms with Crippen molar-refractivity contribution in [1.29, 1.82) is 0 Å². The molecule has 0 unspecified atom stereocenters. The van der Waals surface area contributed by atoms with Crippen LogP contribution in [-0.4, -0.2) is 28.4 Å². The Bertz CT molecular complexity index is 588. The van der Waals surface area contributed by atoms with Gasteiger partial charge < -0.3 is 10.6 Å². The molecule has 0 fully saturated rings. The summed E-state index contributed by atoms with van der Waals surface area (Å²) in [6.45, 7) is 3.06. The van der Waals surface area contributed by atoms with Crippen LogP contribution in [0.1, 0.15) is 12.5 Å². The van der Waals surface area contributed by atoms with Gasteiger partial charge in [-0.2, -0.15) is 0 Å². The Morgan fingerprint density at radius 2 is 2.10 bits per heavy atom. The maximum absolute atomic E-state index is 12.8. The largest absolute Gasteiger partial charge is 0.356 e. The van der Waals surface area contributed by atoms with E-state index < -0.39 is 0 Å². The summed E-state index contributed by atoms with van der Waals surface area (Å²) in [7, 11) is 0. The number of benzene rings is 1. The average Bonchev–Trinajstić information content (AvgIpc) is 2.93. The highest BCUT2D eigenvalue weighted by Gasteiger charge is 2.07. The van der Waals surface area contributed by atoms with E-state index in [0.29, 0.717) is 24.0 Å². The molecule has 0 aliphatic rings. The molecule has 8 heteroatoms. The first-order valence-electron chi connectivity index (χ1n) is 6.38. The van der Waals surface area contributed by atoms with Crippen molar-refractivity contribution in [2.45, 2.75) is 17.8 Å². The molecular weight excluding hydrogens is 311 g/mol. The summed E-state index contributed by atoms with van der Waals surface area (Å²) in [5.41, 5.74) is 0.961. The van der Waals surface area contributed by atoms with Gasteiger partial charge in [0.1, 0.15) is 5.82 Å². The average molecular weight is 326 g/mol. The van der Waals surface area contributed by atoms with Gasteiger partial charge in [0, 0.05) is 13.1 Å². The smallest absolute Gasteiger partial charge is 0.230 e. The normalized spacial score (nSPS) is 10.4. The molecule has 2 rings (SSSR count). The second-order valence-corrected chi connectivity index (χ2v) is 6.30. The summed E-state index contributed by atoms with van der Waals surface area (Å²) in [6, 6.07) is 6.28. The van der Waals surface area contributed by atoms with Gasteiger partial charge in [0.25, 0.3) is 0 Å². The molecular formula is C13H15FN4OS2. The Hall–Kier alpha value is -1.67. The van der Waals surface area contributed by atoms with Gasteiger partial charge in [0.05, 0.1) is 5.75 Å². The molecule has 1 amide bonds. The van der Waals surface area contributed by atoms with Crippen molar-refractivity contribution in [2.24, 2.45) is 0 Å². The second kappa shape index (κ2) is 7.94. The van der Waals surface area contributed by atoms with Crippen molar-refractivity contribution >= 4 is 34.1 Å². The van der Waals surface area contributed by atoms with Crippen LogP contribution in [0.15, 0.2) is 28.6 Å². The topological polar surface area (TPSA) is 66.9 Å². The highest BCUT2D eigenvalue weighted by molar-refractivity contribution is 8.01. The Morgan fingerprint density at radius 3 is 2.81 bits per heavy atom. The number of carbonyl (C=O) groups excluding carboxylic acids is 1. The number of anilines is 1. The number of halogens is 1. The van der Waals surface area contributed by atoms with Gasteiger partial charge in [-0.3, -0.25) is 4.79 Å². The van der Waals surface area contributed by atoms with Crippen molar-refractivity contribution in [3.63, 3.8) is 0 Å². The van der Waals surface area contributed by atoms with E-state index in [1.165, 1.54) is 35.2 Å². The van der Waals surface area contributed by atoms with Gasteiger partial charge in [-0.25, -0.2) is 4.39 Å². The molecule has 2 aromatic rings. The Labute approximate surface area is 130 Å². The van der Waals surface area contributed by atoms with E-state index in [9.17, 15) is 9.18 Å². The predicted molar refractivity (Wildman–Crippen MR) is 83.0 cm³/mol. The lowest BCUT2D eigenvalue weighted by molar-refractivity contribution is -0.118. The highest BCUT2D eigenvalue weighted by Crippen LogP contribution is 2.25. The van der Waals surface area contributed by atoms with Gasteiger partial charge in [-0.05, 0) is 24.6 Å². The molecule has 0 aliphatic heterocycles. The third-order valence-corrected chi connectivity index (χ3v) is 4.48. The fraction of sp³-hybridized carbons (Fsp3) is 0.308. The molecule has 2 N–H and O–H groups in total. The lowest BCUT2D eigenvalue weighted by Crippen LogP contribution is -2.24. The van der Waals surface area contributed by atoms with Gasteiger partial charge in [-0.15, -0.1) is 10.2 Å². The van der Waals surface area contributed by atoms with Crippen LogP contribution in [0.2, 0.25) is 0 Å². The fourth-order valence-corrected chi connectivity index (χ4v) is 3.07. The molecule has 0 spiro atoms. The number of nitrogens with one attached hydrogen (secondary N) is 2. The van der Waals surface area contributed by atoms with E-state index >= 15 is 0 Å². The van der Waals surface area contributed by atoms with E-state index in [2.05, 4.69) is 20.8 Å². The zero-order chi connectivity index (χ0) is 15.1. The molecule has 0 radical (unpaired) electrons. The fourth-order valence-electron chi connectivity index (χ4n) is 1.49. The van der Waals surface area contributed by atoms with E-state index in [1.54, 1.807) is 12.1 Å². The van der Waals surface area contributed by atoms with E-state index in [1.807, 2.05) is 6.92 Å². The third kappa shape index (κ3) is 5.31. The third-order valence-electron chi connectivity index (χ3n) is 2.46. The van der Waals surface area contributed by atoms with E-state index in [-0.39, 0.29) is 11.7 Å². The van der Waals surface area contributed by atoms with Crippen LogP contribution in [0.5, 0.6) is 0 Å². The van der Waals surface area contributed by atoms with Crippen LogP contribution in [0, 0.1) is 5.82 Å². The van der Waals surface area contributed by atoms with Crippen LogP contribution >= 0.6 is 23.1 Å². The summed E-state index contributed by atoms with van der Waals surface area (Å²) < 4.78 is 13.5. The van der Waals surface area contributed by atoms with Crippen LogP contribution in [-0.2, 0) is 11.3 Å². The first kappa shape index (κ1) is 15.7. The summed E-state index contributed by atoms with van der Waals surface area (Å²) >= 11 is 2.75. The van der Waals surface area contributed by atoms with Crippen molar-refractivity contribution < 1.29 is 9.18 Å². The Balaban J connectivity index is 1.80. The van der Waals surface area contributed by atoms with Gasteiger partial charge in [-0.1, -0.05) is 35.2 Å². The van der Waals surface area contributed by atoms with Gasteiger partial charge in [0.2, 0.25) is 11.0 Å². The maximum atomic E-state index is 12.8. The molecule has 0 saturated heterocycles. The van der Waals surface area contributed by atoms with Crippen LogP contribution < -0.4 is 10.6 Å². The first-order valence-corrected chi connectivity index (χ1v) is 8.19. The number of hydrogen-bond donors (Lipinski definition) is 2. The predicted octanol–water partition coefficient (Wildman–Crippen LogP) is 2.52.